The van der Waals surface area contributed by atoms with Crippen LogP contribution in [0.25, 0.3) is 0 Å². The molecule has 2 rings (SSSR count). The Kier molecular flexibility index (Phi) is 5.62. The summed E-state index contributed by atoms with van der Waals surface area (Å²) >= 11 is 6.17. The van der Waals surface area contributed by atoms with E-state index in [0.717, 1.165) is 21.9 Å². The maximum atomic E-state index is 10.3. The van der Waals surface area contributed by atoms with Crippen LogP contribution in [0.4, 0.5) is 0 Å². The van der Waals surface area contributed by atoms with Gasteiger partial charge >= 0.3 is 0 Å². The lowest BCUT2D eigenvalue weighted by molar-refractivity contribution is 0.170. The second-order valence-electron chi connectivity index (χ2n) is 4.94. The molecule has 0 aliphatic heterocycles. The molecule has 2 atom stereocenters. The quantitative estimate of drug-likeness (QED) is 0.854. The highest BCUT2D eigenvalue weighted by Crippen LogP contribution is 2.23. The largest absolute Gasteiger partial charge is 0.497 e. The van der Waals surface area contributed by atoms with Gasteiger partial charge in [-0.3, -0.25) is 0 Å². The number of hydrogen-bond acceptors (Lipinski definition) is 3. The molecule has 0 saturated heterocycles. The van der Waals surface area contributed by atoms with Gasteiger partial charge in [-0.15, -0.1) is 0 Å². The van der Waals surface area contributed by atoms with Gasteiger partial charge in [-0.2, -0.15) is 0 Å². The van der Waals surface area contributed by atoms with Gasteiger partial charge in [0.15, 0.2) is 0 Å². The summed E-state index contributed by atoms with van der Waals surface area (Å²) in [5.74, 6) is 0.741. The maximum absolute atomic E-state index is 10.3. The molecule has 21 heavy (non-hydrogen) atoms. The van der Waals surface area contributed by atoms with Gasteiger partial charge < -0.3 is 15.2 Å². The zero-order valence-electron chi connectivity index (χ0n) is 12.2. The Bertz CT molecular complexity index is 589. The van der Waals surface area contributed by atoms with Crippen LogP contribution < -0.4 is 10.1 Å². The van der Waals surface area contributed by atoms with Gasteiger partial charge in [-0.05, 0) is 36.2 Å². The minimum absolute atomic E-state index is 0.0685. The van der Waals surface area contributed by atoms with E-state index in [9.17, 15) is 5.11 Å². The summed E-state index contributed by atoms with van der Waals surface area (Å²) in [5.41, 5.74) is 1.85. The number of aliphatic hydroxyl groups is 1. The molecule has 0 saturated carbocycles. The van der Waals surface area contributed by atoms with Gasteiger partial charge in [0.1, 0.15) is 5.75 Å². The average Bonchev–Trinajstić information content (AvgIpc) is 2.52. The van der Waals surface area contributed by atoms with E-state index in [1.165, 1.54) is 0 Å². The second kappa shape index (κ2) is 7.46. The summed E-state index contributed by atoms with van der Waals surface area (Å²) in [6.45, 7) is 2.47. The number of nitrogens with one attached hydrogen (secondary N) is 1. The van der Waals surface area contributed by atoms with Gasteiger partial charge in [0.05, 0.1) is 13.2 Å². The highest BCUT2D eigenvalue weighted by atomic mass is 35.5. The molecular formula is C17H20ClNO2. The molecule has 2 aromatic rings. The third-order valence-electron chi connectivity index (χ3n) is 3.47. The minimum atomic E-state index is -0.593. The first-order valence-electron chi connectivity index (χ1n) is 6.91. The molecule has 2 N–H and O–H groups in total. The number of methoxy groups -OCH3 is 1. The van der Waals surface area contributed by atoms with Crippen molar-refractivity contribution in [2.75, 3.05) is 13.7 Å². The molecule has 0 radical (unpaired) electrons. The zero-order chi connectivity index (χ0) is 15.2. The van der Waals surface area contributed by atoms with Gasteiger partial charge in [-0.25, -0.2) is 0 Å². The molecule has 4 heteroatoms. The van der Waals surface area contributed by atoms with Crippen LogP contribution in [0.5, 0.6) is 5.75 Å². The van der Waals surface area contributed by atoms with Crippen LogP contribution in [-0.2, 0) is 0 Å². The van der Waals surface area contributed by atoms with E-state index in [0.29, 0.717) is 6.54 Å². The standard InChI is InChI=1S/C17H20ClNO2/c1-12(15-8-3-4-9-16(15)18)19-11-17(20)13-6-5-7-14(10-13)21-2/h3-10,12,17,19-20H,11H2,1-2H3/t12-,17?/m0/s1. The minimum Gasteiger partial charge on any atom is -0.497 e. The molecule has 0 spiro atoms. The Morgan fingerprint density at radius 3 is 2.67 bits per heavy atom. The monoisotopic (exact) mass is 305 g/mol. The summed E-state index contributed by atoms with van der Waals surface area (Å²) in [7, 11) is 1.61. The lowest BCUT2D eigenvalue weighted by atomic mass is 10.1. The van der Waals surface area contributed by atoms with Crippen LogP contribution in [0.1, 0.15) is 30.2 Å². The number of benzene rings is 2. The van der Waals surface area contributed by atoms with Crippen molar-refractivity contribution < 1.29 is 9.84 Å². The molecule has 0 bridgehead atoms. The Balaban J connectivity index is 1.97. The first-order chi connectivity index (χ1) is 10.1. The van der Waals surface area contributed by atoms with Crippen LogP contribution in [0.2, 0.25) is 5.02 Å². The molecule has 0 amide bonds. The first kappa shape index (κ1) is 15.8. The van der Waals surface area contributed by atoms with E-state index in [-0.39, 0.29) is 6.04 Å². The van der Waals surface area contributed by atoms with E-state index in [1.807, 2.05) is 55.5 Å². The molecule has 0 fully saturated rings. The number of halogens is 1. The fraction of sp³-hybridized carbons (Fsp3) is 0.294. The van der Waals surface area contributed by atoms with Gasteiger partial charge in [0.2, 0.25) is 0 Å². The Morgan fingerprint density at radius 1 is 1.19 bits per heavy atom. The normalized spacial score (nSPS) is 13.7. The lowest BCUT2D eigenvalue weighted by Crippen LogP contribution is -2.24. The number of ether oxygens (including phenoxy) is 1. The van der Waals surface area contributed by atoms with Gasteiger partial charge in [0, 0.05) is 17.6 Å². The van der Waals surface area contributed by atoms with E-state index >= 15 is 0 Å². The van der Waals surface area contributed by atoms with Crippen molar-refractivity contribution in [3.8, 4) is 5.75 Å². The van der Waals surface area contributed by atoms with Crippen LogP contribution >= 0.6 is 11.6 Å². The number of aliphatic hydroxyl groups excluding tert-OH is 1. The molecule has 0 aromatic heterocycles. The van der Waals surface area contributed by atoms with E-state index in [2.05, 4.69) is 5.32 Å². The Labute approximate surface area is 130 Å². The summed E-state index contributed by atoms with van der Waals surface area (Å²) in [4.78, 5) is 0. The molecule has 112 valence electrons. The van der Waals surface area contributed by atoms with Crippen molar-refractivity contribution in [2.24, 2.45) is 0 Å². The lowest BCUT2D eigenvalue weighted by Gasteiger charge is -2.19. The number of rotatable bonds is 6. The van der Waals surface area contributed by atoms with Crippen LogP contribution in [0.15, 0.2) is 48.5 Å². The van der Waals surface area contributed by atoms with Crippen molar-refractivity contribution in [3.63, 3.8) is 0 Å². The zero-order valence-corrected chi connectivity index (χ0v) is 13.0. The summed E-state index contributed by atoms with van der Waals surface area (Å²) in [6, 6.07) is 15.2. The van der Waals surface area contributed by atoms with Crippen LogP contribution in [0, 0.1) is 0 Å². The third-order valence-corrected chi connectivity index (χ3v) is 3.81. The Morgan fingerprint density at radius 2 is 1.95 bits per heavy atom. The molecule has 0 aliphatic carbocycles. The first-order valence-corrected chi connectivity index (χ1v) is 7.29. The molecular weight excluding hydrogens is 286 g/mol. The third kappa shape index (κ3) is 4.21. The van der Waals surface area contributed by atoms with E-state index in [4.69, 9.17) is 16.3 Å². The topological polar surface area (TPSA) is 41.5 Å². The average molecular weight is 306 g/mol. The SMILES string of the molecule is COc1cccc(C(O)CN[C@@H](C)c2ccccc2Cl)c1. The number of hydrogen-bond donors (Lipinski definition) is 2. The molecule has 2 aromatic carbocycles. The Hall–Kier alpha value is -1.55. The van der Waals surface area contributed by atoms with Crippen LogP contribution in [0.3, 0.4) is 0 Å². The highest BCUT2D eigenvalue weighted by Gasteiger charge is 2.12. The van der Waals surface area contributed by atoms with E-state index in [1.54, 1.807) is 7.11 Å². The predicted molar refractivity (Wildman–Crippen MR) is 85.8 cm³/mol. The molecule has 0 heterocycles. The fourth-order valence-corrected chi connectivity index (χ4v) is 2.49. The van der Waals surface area contributed by atoms with E-state index < -0.39 is 6.10 Å². The van der Waals surface area contributed by atoms with Crippen molar-refractivity contribution >= 4 is 11.6 Å². The fourth-order valence-electron chi connectivity index (χ4n) is 2.19. The highest BCUT2D eigenvalue weighted by molar-refractivity contribution is 6.31. The molecule has 0 aliphatic rings. The maximum Gasteiger partial charge on any atom is 0.119 e. The van der Waals surface area contributed by atoms with Crippen molar-refractivity contribution in [1.29, 1.82) is 0 Å². The van der Waals surface area contributed by atoms with Gasteiger partial charge in [0.25, 0.3) is 0 Å². The second-order valence-corrected chi connectivity index (χ2v) is 5.35. The summed E-state index contributed by atoms with van der Waals surface area (Å²) in [5, 5.41) is 14.3. The van der Waals surface area contributed by atoms with Gasteiger partial charge in [-0.1, -0.05) is 41.9 Å². The van der Waals surface area contributed by atoms with Crippen molar-refractivity contribution in [3.05, 3.63) is 64.7 Å². The summed E-state index contributed by atoms with van der Waals surface area (Å²) < 4.78 is 5.17. The molecule has 3 nitrogen and oxygen atoms in total. The smallest absolute Gasteiger partial charge is 0.119 e. The van der Waals surface area contributed by atoms with Crippen molar-refractivity contribution in [1.82, 2.24) is 5.32 Å². The predicted octanol–water partition coefficient (Wildman–Crippen LogP) is 3.73. The summed E-state index contributed by atoms with van der Waals surface area (Å²) in [6.07, 6.45) is -0.593. The molecule has 1 unspecified atom stereocenters. The van der Waals surface area contributed by atoms with Crippen molar-refractivity contribution in [2.45, 2.75) is 19.1 Å². The van der Waals surface area contributed by atoms with Crippen LogP contribution in [-0.4, -0.2) is 18.8 Å².